The average Bonchev–Trinajstić information content (AvgIpc) is 2.76. The standard InChI is InChI=1S/C23H29IN2O4/c1-5-16(2)25-23(28)17(3)26(14-18-7-6-8-21(13-18)29-4)22(27)15-30-20-11-9-19(24)10-12-20/h6-13,16-17H,5,14-15H2,1-4H3,(H,25,28)/t16-,17+/m1/s1. The van der Waals surface area contributed by atoms with Gasteiger partial charge in [0.05, 0.1) is 7.11 Å². The van der Waals surface area contributed by atoms with E-state index in [0.29, 0.717) is 11.5 Å². The molecule has 0 saturated heterocycles. The van der Waals surface area contributed by atoms with E-state index in [0.717, 1.165) is 15.6 Å². The van der Waals surface area contributed by atoms with Gasteiger partial charge in [0.1, 0.15) is 17.5 Å². The van der Waals surface area contributed by atoms with E-state index in [9.17, 15) is 9.59 Å². The summed E-state index contributed by atoms with van der Waals surface area (Å²) < 4.78 is 12.0. The SMILES string of the molecule is CC[C@@H](C)NC(=O)[C@H](C)N(Cc1cccc(OC)c1)C(=O)COc1ccc(I)cc1. The van der Waals surface area contributed by atoms with Gasteiger partial charge in [-0.2, -0.15) is 0 Å². The maximum atomic E-state index is 13.0. The fourth-order valence-electron chi connectivity index (χ4n) is 2.77. The van der Waals surface area contributed by atoms with E-state index < -0.39 is 6.04 Å². The number of hydrogen-bond donors (Lipinski definition) is 1. The van der Waals surface area contributed by atoms with E-state index in [-0.39, 0.29) is 31.0 Å². The van der Waals surface area contributed by atoms with Gasteiger partial charge in [0.15, 0.2) is 6.61 Å². The van der Waals surface area contributed by atoms with E-state index in [4.69, 9.17) is 9.47 Å². The third-order valence-electron chi connectivity index (χ3n) is 4.83. The molecule has 30 heavy (non-hydrogen) atoms. The van der Waals surface area contributed by atoms with Crippen LogP contribution in [0.3, 0.4) is 0 Å². The summed E-state index contributed by atoms with van der Waals surface area (Å²) in [5.74, 6) is 0.867. The van der Waals surface area contributed by atoms with Gasteiger partial charge >= 0.3 is 0 Å². The molecular formula is C23H29IN2O4. The first-order valence-corrected chi connectivity index (χ1v) is 11.0. The van der Waals surface area contributed by atoms with Crippen LogP contribution < -0.4 is 14.8 Å². The molecule has 0 unspecified atom stereocenters. The van der Waals surface area contributed by atoms with Crippen LogP contribution in [0.15, 0.2) is 48.5 Å². The highest BCUT2D eigenvalue weighted by atomic mass is 127. The van der Waals surface area contributed by atoms with Crippen molar-refractivity contribution in [3.8, 4) is 11.5 Å². The molecule has 1 N–H and O–H groups in total. The average molecular weight is 524 g/mol. The van der Waals surface area contributed by atoms with Crippen LogP contribution in [0.5, 0.6) is 11.5 Å². The van der Waals surface area contributed by atoms with Crippen molar-refractivity contribution < 1.29 is 19.1 Å². The number of rotatable bonds is 10. The van der Waals surface area contributed by atoms with Crippen LogP contribution in [0.25, 0.3) is 0 Å². The lowest BCUT2D eigenvalue weighted by Crippen LogP contribution is -2.50. The number of carbonyl (C=O) groups excluding carboxylic acids is 2. The second-order valence-electron chi connectivity index (χ2n) is 7.11. The lowest BCUT2D eigenvalue weighted by atomic mass is 10.1. The van der Waals surface area contributed by atoms with Crippen LogP contribution in [0.4, 0.5) is 0 Å². The second kappa shape index (κ2) is 11.8. The van der Waals surface area contributed by atoms with Crippen molar-refractivity contribution in [2.45, 2.75) is 45.8 Å². The first-order valence-electron chi connectivity index (χ1n) is 9.95. The zero-order chi connectivity index (χ0) is 22.1. The van der Waals surface area contributed by atoms with Gasteiger partial charge in [0.25, 0.3) is 5.91 Å². The third-order valence-corrected chi connectivity index (χ3v) is 5.55. The third kappa shape index (κ3) is 7.19. The Morgan fingerprint density at radius 1 is 1.10 bits per heavy atom. The molecule has 0 bridgehead atoms. The van der Waals surface area contributed by atoms with Gasteiger partial charge in [-0.15, -0.1) is 0 Å². The Bertz CT molecular complexity index is 841. The molecular weight excluding hydrogens is 495 g/mol. The molecule has 0 aliphatic rings. The maximum Gasteiger partial charge on any atom is 0.261 e. The van der Waals surface area contributed by atoms with Crippen LogP contribution in [0.2, 0.25) is 0 Å². The molecule has 2 amide bonds. The number of halogens is 1. The Kier molecular flexibility index (Phi) is 9.42. The van der Waals surface area contributed by atoms with Crippen molar-refractivity contribution >= 4 is 34.4 Å². The summed E-state index contributed by atoms with van der Waals surface area (Å²) >= 11 is 2.21. The summed E-state index contributed by atoms with van der Waals surface area (Å²) in [4.78, 5) is 27.3. The smallest absolute Gasteiger partial charge is 0.261 e. The van der Waals surface area contributed by atoms with Gasteiger partial charge in [-0.25, -0.2) is 0 Å². The highest BCUT2D eigenvalue weighted by Crippen LogP contribution is 2.17. The van der Waals surface area contributed by atoms with Gasteiger partial charge in [-0.05, 0) is 84.8 Å². The first kappa shape index (κ1) is 24.0. The zero-order valence-electron chi connectivity index (χ0n) is 17.9. The van der Waals surface area contributed by atoms with Crippen molar-refractivity contribution in [2.75, 3.05) is 13.7 Å². The molecule has 0 aliphatic carbocycles. The summed E-state index contributed by atoms with van der Waals surface area (Å²) in [6, 6.07) is 14.3. The maximum absolute atomic E-state index is 13.0. The van der Waals surface area contributed by atoms with Crippen molar-refractivity contribution in [1.82, 2.24) is 10.2 Å². The van der Waals surface area contributed by atoms with Crippen LogP contribution in [-0.2, 0) is 16.1 Å². The van der Waals surface area contributed by atoms with Crippen molar-refractivity contribution in [3.05, 3.63) is 57.7 Å². The number of methoxy groups -OCH3 is 1. The Morgan fingerprint density at radius 2 is 1.80 bits per heavy atom. The zero-order valence-corrected chi connectivity index (χ0v) is 20.0. The highest BCUT2D eigenvalue weighted by Gasteiger charge is 2.27. The second-order valence-corrected chi connectivity index (χ2v) is 8.36. The van der Waals surface area contributed by atoms with Gasteiger partial charge in [-0.1, -0.05) is 19.1 Å². The minimum Gasteiger partial charge on any atom is -0.497 e. The predicted octanol–water partition coefficient (Wildman–Crippen LogP) is 4.01. The molecule has 0 aromatic heterocycles. The van der Waals surface area contributed by atoms with Gasteiger partial charge in [0.2, 0.25) is 5.91 Å². The van der Waals surface area contributed by atoms with Gasteiger partial charge < -0.3 is 19.7 Å². The number of carbonyl (C=O) groups is 2. The Labute approximate surface area is 192 Å². The quantitative estimate of drug-likeness (QED) is 0.477. The molecule has 2 rings (SSSR count). The molecule has 2 aromatic rings. The Hall–Kier alpha value is -2.29. The van der Waals surface area contributed by atoms with E-state index in [1.807, 2.05) is 62.4 Å². The molecule has 2 atom stereocenters. The van der Waals surface area contributed by atoms with Crippen LogP contribution >= 0.6 is 22.6 Å². The number of nitrogens with one attached hydrogen (secondary N) is 1. The van der Waals surface area contributed by atoms with E-state index in [1.54, 1.807) is 18.9 Å². The topological polar surface area (TPSA) is 67.9 Å². The molecule has 0 aliphatic heterocycles. The fraction of sp³-hybridized carbons (Fsp3) is 0.391. The van der Waals surface area contributed by atoms with Gasteiger partial charge in [-0.3, -0.25) is 9.59 Å². The number of nitrogens with zero attached hydrogens (tertiary/aromatic N) is 1. The Morgan fingerprint density at radius 3 is 2.43 bits per heavy atom. The van der Waals surface area contributed by atoms with Crippen molar-refractivity contribution in [2.24, 2.45) is 0 Å². The number of hydrogen-bond acceptors (Lipinski definition) is 4. The monoisotopic (exact) mass is 524 g/mol. The van der Waals surface area contributed by atoms with E-state index in [2.05, 4.69) is 27.9 Å². The summed E-state index contributed by atoms with van der Waals surface area (Å²) in [5.41, 5.74) is 0.875. The van der Waals surface area contributed by atoms with Gasteiger partial charge in [0, 0.05) is 16.2 Å². The van der Waals surface area contributed by atoms with Crippen LogP contribution in [0, 0.1) is 3.57 Å². The fourth-order valence-corrected chi connectivity index (χ4v) is 3.13. The minimum atomic E-state index is -0.641. The first-order chi connectivity index (χ1) is 14.3. The highest BCUT2D eigenvalue weighted by molar-refractivity contribution is 14.1. The van der Waals surface area contributed by atoms with Crippen molar-refractivity contribution in [1.29, 1.82) is 0 Å². The lowest BCUT2D eigenvalue weighted by molar-refractivity contribution is -0.142. The summed E-state index contributed by atoms with van der Waals surface area (Å²) in [7, 11) is 1.60. The molecule has 0 heterocycles. The molecule has 2 aromatic carbocycles. The molecule has 162 valence electrons. The minimum absolute atomic E-state index is 0.0387. The van der Waals surface area contributed by atoms with Crippen molar-refractivity contribution in [3.63, 3.8) is 0 Å². The summed E-state index contributed by atoms with van der Waals surface area (Å²) in [5, 5.41) is 2.95. The van der Waals surface area contributed by atoms with E-state index in [1.165, 1.54) is 0 Å². The number of benzene rings is 2. The lowest BCUT2D eigenvalue weighted by Gasteiger charge is -2.29. The normalized spacial score (nSPS) is 12.6. The molecule has 0 fully saturated rings. The Balaban J connectivity index is 2.16. The molecule has 0 spiro atoms. The largest absolute Gasteiger partial charge is 0.497 e. The molecule has 6 nitrogen and oxygen atoms in total. The van der Waals surface area contributed by atoms with Crippen LogP contribution in [-0.4, -0.2) is 42.5 Å². The summed E-state index contributed by atoms with van der Waals surface area (Å²) in [6.07, 6.45) is 0.818. The molecule has 7 heteroatoms. The summed E-state index contributed by atoms with van der Waals surface area (Å²) in [6.45, 7) is 5.82. The molecule has 0 saturated carbocycles. The molecule has 0 radical (unpaired) electrons. The number of ether oxygens (including phenoxy) is 2. The number of amides is 2. The van der Waals surface area contributed by atoms with Crippen LogP contribution in [0.1, 0.15) is 32.8 Å². The predicted molar refractivity (Wildman–Crippen MR) is 126 cm³/mol. The van der Waals surface area contributed by atoms with E-state index >= 15 is 0 Å².